The summed E-state index contributed by atoms with van der Waals surface area (Å²) in [7, 11) is -3.43. The van der Waals surface area contributed by atoms with E-state index in [2.05, 4.69) is 14.9 Å². The van der Waals surface area contributed by atoms with Crippen LogP contribution in [0.1, 0.15) is 29.7 Å². The molecule has 2 N–H and O–H groups in total. The molecule has 0 aliphatic heterocycles. The molecule has 1 aromatic carbocycles. The van der Waals surface area contributed by atoms with Gasteiger partial charge in [-0.05, 0) is 55.0 Å². The lowest BCUT2D eigenvalue weighted by Crippen LogP contribution is -2.26. The lowest BCUT2D eigenvalue weighted by atomic mass is 9.92. The normalized spacial score (nSPS) is 14.9. The summed E-state index contributed by atoms with van der Waals surface area (Å²) in [6.45, 7) is 0.363. The molecule has 0 radical (unpaired) electrons. The number of sulfonamides is 1. The van der Waals surface area contributed by atoms with E-state index >= 15 is 0 Å². The standard InChI is InChI=1S/C15H19N3O2S/c19-21(20,17-10-8-14-7-9-16-18-14)15-6-5-12-3-1-2-4-13(12)11-15/h5-7,9,11,17H,1-4,8,10H2,(H,16,18). The van der Waals surface area contributed by atoms with Gasteiger partial charge in [-0.25, -0.2) is 13.1 Å². The Kier molecular flexibility index (Phi) is 4.07. The molecule has 1 aliphatic carbocycles. The van der Waals surface area contributed by atoms with E-state index in [4.69, 9.17) is 0 Å². The van der Waals surface area contributed by atoms with Gasteiger partial charge in [-0.2, -0.15) is 5.10 Å². The van der Waals surface area contributed by atoms with Crippen LogP contribution in [0, 0.1) is 0 Å². The summed E-state index contributed by atoms with van der Waals surface area (Å²) < 4.78 is 27.3. The molecule has 1 aromatic heterocycles. The van der Waals surface area contributed by atoms with Crippen LogP contribution in [0.2, 0.25) is 0 Å². The van der Waals surface area contributed by atoms with E-state index in [9.17, 15) is 8.42 Å². The molecular weight excluding hydrogens is 286 g/mol. The van der Waals surface area contributed by atoms with Gasteiger partial charge in [-0.3, -0.25) is 5.10 Å². The zero-order chi connectivity index (χ0) is 14.7. The van der Waals surface area contributed by atoms with Crippen LogP contribution in [0.3, 0.4) is 0 Å². The van der Waals surface area contributed by atoms with E-state index in [1.54, 1.807) is 12.3 Å². The molecule has 0 bridgehead atoms. The first-order valence-corrected chi connectivity index (χ1v) is 8.73. The number of fused-ring (bicyclic) bond motifs is 1. The number of rotatable bonds is 5. The number of hydrogen-bond acceptors (Lipinski definition) is 3. The molecule has 0 saturated carbocycles. The fourth-order valence-electron chi connectivity index (χ4n) is 2.70. The lowest BCUT2D eigenvalue weighted by Gasteiger charge is -2.16. The molecule has 0 saturated heterocycles. The van der Waals surface area contributed by atoms with Gasteiger partial charge in [-0.15, -0.1) is 0 Å². The third-order valence-corrected chi connectivity index (χ3v) is 5.33. The number of nitrogens with zero attached hydrogens (tertiary/aromatic N) is 1. The summed E-state index contributed by atoms with van der Waals surface area (Å²) in [6.07, 6.45) is 6.64. The number of H-pyrrole nitrogens is 1. The van der Waals surface area contributed by atoms with Crippen LogP contribution in [-0.4, -0.2) is 25.2 Å². The minimum absolute atomic E-state index is 0.363. The number of benzene rings is 1. The third kappa shape index (κ3) is 3.33. The van der Waals surface area contributed by atoms with Crippen LogP contribution in [0.15, 0.2) is 35.4 Å². The molecule has 0 fully saturated rings. The highest BCUT2D eigenvalue weighted by molar-refractivity contribution is 7.89. The SMILES string of the molecule is O=S(=O)(NCCc1ccn[nH]1)c1ccc2c(c1)CCCC2. The Morgan fingerprint density at radius 3 is 2.71 bits per heavy atom. The van der Waals surface area contributed by atoms with Gasteiger partial charge in [0.05, 0.1) is 4.90 Å². The quantitative estimate of drug-likeness (QED) is 0.884. The Balaban J connectivity index is 1.69. The monoisotopic (exact) mass is 305 g/mol. The van der Waals surface area contributed by atoms with Crippen molar-refractivity contribution in [3.8, 4) is 0 Å². The van der Waals surface area contributed by atoms with Crippen molar-refractivity contribution in [3.63, 3.8) is 0 Å². The molecule has 3 rings (SSSR count). The van der Waals surface area contributed by atoms with Crippen molar-refractivity contribution in [1.29, 1.82) is 0 Å². The maximum Gasteiger partial charge on any atom is 0.240 e. The number of aryl methyl sites for hydroxylation is 2. The molecule has 0 amide bonds. The zero-order valence-corrected chi connectivity index (χ0v) is 12.6. The van der Waals surface area contributed by atoms with Gasteiger partial charge >= 0.3 is 0 Å². The number of aromatic amines is 1. The first-order chi connectivity index (χ1) is 10.1. The Hall–Kier alpha value is -1.66. The van der Waals surface area contributed by atoms with Gasteiger partial charge in [0.25, 0.3) is 0 Å². The van der Waals surface area contributed by atoms with Gasteiger partial charge in [0.15, 0.2) is 0 Å². The van der Waals surface area contributed by atoms with Crippen molar-refractivity contribution in [2.24, 2.45) is 0 Å². The second-order valence-electron chi connectivity index (χ2n) is 5.37. The van der Waals surface area contributed by atoms with Crippen molar-refractivity contribution in [2.75, 3.05) is 6.54 Å². The van der Waals surface area contributed by atoms with E-state index in [1.165, 1.54) is 17.5 Å². The predicted octanol–water partition coefficient (Wildman–Crippen LogP) is 1.81. The average molecular weight is 305 g/mol. The van der Waals surface area contributed by atoms with Crippen LogP contribution >= 0.6 is 0 Å². The number of aromatic nitrogens is 2. The smallest absolute Gasteiger partial charge is 0.240 e. The van der Waals surface area contributed by atoms with Gasteiger partial charge in [-0.1, -0.05) is 6.07 Å². The van der Waals surface area contributed by atoms with Crippen LogP contribution in [0.25, 0.3) is 0 Å². The van der Waals surface area contributed by atoms with Crippen LogP contribution in [0.5, 0.6) is 0 Å². The minimum atomic E-state index is -3.43. The third-order valence-electron chi connectivity index (χ3n) is 3.88. The van der Waals surface area contributed by atoms with E-state index in [0.29, 0.717) is 17.9 Å². The largest absolute Gasteiger partial charge is 0.283 e. The molecule has 21 heavy (non-hydrogen) atoms. The maximum absolute atomic E-state index is 12.3. The fraction of sp³-hybridized carbons (Fsp3) is 0.400. The highest BCUT2D eigenvalue weighted by Crippen LogP contribution is 2.23. The van der Waals surface area contributed by atoms with Crippen molar-refractivity contribution in [3.05, 3.63) is 47.3 Å². The molecule has 6 heteroatoms. The summed E-state index contributed by atoms with van der Waals surface area (Å²) in [5, 5.41) is 6.66. The molecule has 0 atom stereocenters. The summed E-state index contributed by atoms with van der Waals surface area (Å²) in [5.41, 5.74) is 3.39. The topological polar surface area (TPSA) is 74.8 Å². The molecule has 0 unspecified atom stereocenters. The molecule has 0 spiro atoms. The van der Waals surface area contributed by atoms with Crippen LogP contribution < -0.4 is 4.72 Å². The van der Waals surface area contributed by atoms with Crippen molar-refractivity contribution >= 4 is 10.0 Å². The molecule has 1 aliphatic rings. The molecule has 112 valence electrons. The van der Waals surface area contributed by atoms with E-state index in [1.807, 2.05) is 18.2 Å². The average Bonchev–Trinajstić information content (AvgIpc) is 3.00. The highest BCUT2D eigenvalue weighted by atomic mass is 32.2. The fourth-order valence-corrected chi connectivity index (χ4v) is 3.79. The predicted molar refractivity (Wildman–Crippen MR) is 80.6 cm³/mol. The van der Waals surface area contributed by atoms with Crippen LogP contribution in [0.4, 0.5) is 0 Å². The van der Waals surface area contributed by atoms with Gasteiger partial charge in [0.2, 0.25) is 10.0 Å². The van der Waals surface area contributed by atoms with Crippen molar-refractivity contribution in [1.82, 2.24) is 14.9 Å². The lowest BCUT2D eigenvalue weighted by molar-refractivity contribution is 0.580. The Labute approximate surface area is 124 Å². The number of nitrogens with one attached hydrogen (secondary N) is 2. The minimum Gasteiger partial charge on any atom is -0.283 e. The summed E-state index contributed by atoms with van der Waals surface area (Å²) in [4.78, 5) is 0.368. The molecule has 5 nitrogen and oxygen atoms in total. The molecule has 1 heterocycles. The summed E-state index contributed by atoms with van der Waals surface area (Å²) in [5.74, 6) is 0. The zero-order valence-electron chi connectivity index (χ0n) is 11.8. The second-order valence-corrected chi connectivity index (χ2v) is 7.13. The van der Waals surface area contributed by atoms with E-state index in [-0.39, 0.29) is 0 Å². The first kappa shape index (κ1) is 14.3. The Morgan fingerprint density at radius 2 is 1.95 bits per heavy atom. The van der Waals surface area contributed by atoms with Gasteiger partial charge in [0, 0.05) is 24.9 Å². The van der Waals surface area contributed by atoms with Crippen molar-refractivity contribution < 1.29 is 8.42 Å². The summed E-state index contributed by atoms with van der Waals surface area (Å²) >= 11 is 0. The van der Waals surface area contributed by atoms with Gasteiger partial charge < -0.3 is 0 Å². The van der Waals surface area contributed by atoms with E-state index < -0.39 is 10.0 Å². The van der Waals surface area contributed by atoms with E-state index in [0.717, 1.165) is 25.0 Å². The maximum atomic E-state index is 12.3. The molecular formula is C15H19N3O2S. The van der Waals surface area contributed by atoms with Crippen molar-refractivity contribution in [2.45, 2.75) is 37.0 Å². The van der Waals surface area contributed by atoms with Gasteiger partial charge in [0.1, 0.15) is 0 Å². The second kappa shape index (κ2) is 5.99. The van der Waals surface area contributed by atoms with Crippen LogP contribution in [-0.2, 0) is 29.3 Å². The summed E-state index contributed by atoms with van der Waals surface area (Å²) in [6, 6.07) is 7.33. The molecule has 2 aromatic rings. The number of hydrogen-bond donors (Lipinski definition) is 2. The Bertz CT molecular complexity index is 709. The Morgan fingerprint density at radius 1 is 1.14 bits per heavy atom. The highest BCUT2D eigenvalue weighted by Gasteiger charge is 2.17. The first-order valence-electron chi connectivity index (χ1n) is 7.25.